The molecule has 1 fully saturated rings. The van der Waals surface area contributed by atoms with Gasteiger partial charge in [0.15, 0.2) is 0 Å². The van der Waals surface area contributed by atoms with Crippen molar-refractivity contribution in [1.82, 2.24) is 15.5 Å². The van der Waals surface area contributed by atoms with Crippen molar-refractivity contribution < 1.29 is 9.59 Å². The maximum absolute atomic E-state index is 11.6. The summed E-state index contributed by atoms with van der Waals surface area (Å²) in [5.41, 5.74) is 5.85. The molecule has 98 valence electrons. The van der Waals surface area contributed by atoms with E-state index in [0.29, 0.717) is 12.6 Å². The number of carbonyl (C=O) groups excluding carboxylic acids is 2. The molecule has 2 atom stereocenters. The first-order valence-electron chi connectivity index (χ1n) is 6.10. The van der Waals surface area contributed by atoms with Crippen LogP contribution in [-0.4, -0.2) is 48.6 Å². The molecule has 1 rings (SSSR count). The quantitative estimate of drug-likeness (QED) is 0.631. The summed E-state index contributed by atoms with van der Waals surface area (Å²) >= 11 is 0. The minimum absolute atomic E-state index is 0.229. The van der Waals surface area contributed by atoms with Gasteiger partial charge in [-0.25, -0.2) is 4.79 Å². The molecule has 0 saturated carbocycles. The number of rotatable bonds is 3. The predicted molar refractivity (Wildman–Crippen MR) is 65.5 cm³/mol. The second-order valence-electron chi connectivity index (χ2n) is 4.51. The summed E-state index contributed by atoms with van der Waals surface area (Å²) in [6.07, 6.45) is 1.80. The molecule has 0 spiro atoms. The molecule has 0 aromatic rings. The van der Waals surface area contributed by atoms with Crippen LogP contribution in [0, 0.1) is 0 Å². The topological polar surface area (TPSA) is 87.5 Å². The molecule has 4 N–H and O–H groups in total. The van der Waals surface area contributed by atoms with Crippen LogP contribution in [0.3, 0.4) is 0 Å². The monoisotopic (exact) mass is 242 g/mol. The Balaban J connectivity index is 2.33. The average molecular weight is 242 g/mol. The minimum Gasteiger partial charge on any atom is -0.338 e. The number of nitrogens with zero attached hydrogens (tertiary/aromatic N) is 1. The minimum atomic E-state index is -0.432. The molecular weight excluding hydrogens is 220 g/mol. The van der Waals surface area contributed by atoms with Crippen molar-refractivity contribution in [2.75, 3.05) is 19.6 Å². The van der Waals surface area contributed by atoms with Crippen LogP contribution in [-0.2, 0) is 4.79 Å². The van der Waals surface area contributed by atoms with Crippen molar-refractivity contribution in [2.45, 2.75) is 38.8 Å². The van der Waals surface area contributed by atoms with Gasteiger partial charge < -0.3 is 11.1 Å². The molecular formula is C11H22N4O2. The number of nitrogens with two attached hydrogens (primary N) is 1. The Morgan fingerprint density at radius 3 is 2.76 bits per heavy atom. The van der Waals surface area contributed by atoms with Gasteiger partial charge in [0.25, 0.3) is 0 Å². The van der Waals surface area contributed by atoms with E-state index in [1.54, 1.807) is 6.92 Å². The van der Waals surface area contributed by atoms with Crippen LogP contribution in [0.1, 0.15) is 26.7 Å². The van der Waals surface area contributed by atoms with Crippen molar-refractivity contribution in [2.24, 2.45) is 5.73 Å². The molecule has 0 radical (unpaired) electrons. The number of urea groups is 1. The summed E-state index contributed by atoms with van der Waals surface area (Å²) in [7, 11) is 0. The van der Waals surface area contributed by atoms with E-state index in [9.17, 15) is 9.59 Å². The third-order valence-electron chi connectivity index (χ3n) is 2.99. The molecule has 0 bridgehead atoms. The Kier molecular flexibility index (Phi) is 5.37. The van der Waals surface area contributed by atoms with Crippen molar-refractivity contribution in [1.29, 1.82) is 0 Å². The van der Waals surface area contributed by atoms with Crippen molar-refractivity contribution in [3.63, 3.8) is 0 Å². The van der Waals surface area contributed by atoms with Gasteiger partial charge in [-0.15, -0.1) is 0 Å². The number of likely N-dealkylation sites (tertiary alicyclic amines) is 1. The van der Waals surface area contributed by atoms with Crippen LogP contribution in [0.25, 0.3) is 0 Å². The zero-order valence-electron chi connectivity index (χ0n) is 10.5. The molecule has 17 heavy (non-hydrogen) atoms. The molecule has 0 aliphatic carbocycles. The molecule has 3 amide bonds. The zero-order valence-corrected chi connectivity index (χ0v) is 10.5. The SMILES string of the molecule is CCNC(=O)NC(=O)CN1CCC(N)CC1C. The standard InChI is InChI=1S/C11H22N4O2/c1-3-13-11(17)14-10(16)7-15-5-4-9(12)6-8(15)2/h8-9H,3-7,12H2,1-2H3,(H2,13,14,16,17). The third kappa shape index (κ3) is 4.70. The summed E-state index contributed by atoms with van der Waals surface area (Å²) in [5, 5.41) is 4.82. The smallest absolute Gasteiger partial charge is 0.321 e. The summed E-state index contributed by atoms with van der Waals surface area (Å²) in [5.74, 6) is -0.265. The van der Waals surface area contributed by atoms with Crippen molar-refractivity contribution in [3.8, 4) is 0 Å². The van der Waals surface area contributed by atoms with Crippen LogP contribution in [0.5, 0.6) is 0 Å². The highest BCUT2D eigenvalue weighted by Crippen LogP contribution is 2.14. The zero-order chi connectivity index (χ0) is 12.8. The first kappa shape index (κ1) is 13.9. The molecule has 6 heteroatoms. The van der Waals surface area contributed by atoms with Gasteiger partial charge in [0.2, 0.25) is 5.91 Å². The van der Waals surface area contributed by atoms with Gasteiger partial charge in [0.05, 0.1) is 6.54 Å². The van der Waals surface area contributed by atoms with Crippen LogP contribution in [0.4, 0.5) is 4.79 Å². The second kappa shape index (κ2) is 6.56. The van der Waals surface area contributed by atoms with Crippen LogP contribution >= 0.6 is 0 Å². The number of carbonyl (C=O) groups is 2. The highest BCUT2D eigenvalue weighted by Gasteiger charge is 2.24. The first-order valence-corrected chi connectivity index (χ1v) is 6.10. The Labute approximate surface area is 102 Å². The van der Waals surface area contributed by atoms with Gasteiger partial charge in [-0.3, -0.25) is 15.0 Å². The lowest BCUT2D eigenvalue weighted by molar-refractivity contribution is -0.122. The van der Waals surface area contributed by atoms with E-state index in [-0.39, 0.29) is 18.5 Å². The van der Waals surface area contributed by atoms with Gasteiger partial charge in [0.1, 0.15) is 0 Å². The van der Waals surface area contributed by atoms with Crippen LogP contribution < -0.4 is 16.4 Å². The largest absolute Gasteiger partial charge is 0.338 e. The molecule has 0 aromatic carbocycles. The third-order valence-corrected chi connectivity index (χ3v) is 2.99. The highest BCUT2D eigenvalue weighted by molar-refractivity contribution is 5.95. The number of imide groups is 1. The Morgan fingerprint density at radius 1 is 1.47 bits per heavy atom. The fraction of sp³-hybridized carbons (Fsp3) is 0.818. The van der Waals surface area contributed by atoms with E-state index < -0.39 is 6.03 Å². The Hall–Kier alpha value is -1.14. The average Bonchev–Trinajstić information content (AvgIpc) is 2.22. The van der Waals surface area contributed by atoms with Crippen molar-refractivity contribution >= 4 is 11.9 Å². The normalized spacial score (nSPS) is 25.4. The molecule has 1 saturated heterocycles. The number of hydrogen-bond donors (Lipinski definition) is 3. The highest BCUT2D eigenvalue weighted by atomic mass is 16.2. The molecule has 1 heterocycles. The number of piperidine rings is 1. The van der Waals surface area contributed by atoms with Gasteiger partial charge in [-0.2, -0.15) is 0 Å². The van der Waals surface area contributed by atoms with E-state index in [0.717, 1.165) is 19.4 Å². The first-order chi connectivity index (χ1) is 8.02. The lowest BCUT2D eigenvalue weighted by Crippen LogP contribution is -2.51. The number of amides is 3. The van der Waals surface area contributed by atoms with Crippen LogP contribution in [0.2, 0.25) is 0 Å². The summed E-state index contributed by atoms with van der Waals surface area (Å²) in [4.78, 5) is 24.8. The van der Waals surface area contributed by atoms with Gasteiger partial charge >= 0.3 is 6.03 Å². The fourth-order valence-electron chi connectivity index (χ4n) is 2.05. The van der Waals surface area contributed by atoms with E-state index in [1.807, 2.05) is 0 Å². The van der Waals surface area contributed by atoms with Crippen LogP contribution in [0.15, 0.2) is 0 Å². The second-order valence-corrected chi connectivity index (χ2v) is 4.51. The molecule has 0 aromatic heterocycles. The van der Waals surface area contributed by atoms with E-state index >= 15 is 0 Å². The maximum Gasteiger partial charge on any atom is 0.321 e. The Bertz CT molecular complexity index is 283. The lowest BCUT2D eigenvalue weighted by atomic mass is 9.99. The molecule has 6 nitrogen and oxygen atoms in total. The van der Waals surface area contributed by atoms with Crippen molar-refractivity contribution in [3.05, 3.63) is 0 Å². The van der Waals surface area contributed by atoms with E-state index in [4.69, 9.17) is 5.73 Å². The fourth-order valence-corrected chi connectivity index (χ4v) is 2.05. The number of hydrogen-bond acceptors (Lipinski definition) is 4. The number of nitrogens with one attached hydrogen (secondary N) is 2. The summed E-state index contributed by atoms with van der Waals surface area (Å²) < 4.78 is 0. The summed E-state index contributed by atoms with van der Waals surface area (Å²) in [6.45, 7) is 5.43. The maximum atomic E-state index is 11.6. The molecule has 2 unspecified atom stereocenters. The van der Waals surface area contributed by atoms with Gasteiger partial charge in [-0.05, 0) is 26.7 Å². The molecule has 1 aliphatic heterocycles. The lowest BCUT2D eigenvalue weighted by Gasteiger charge is -2.35. The summed E-state index contributed by atoms with van der Waals surface area (Å²) in [6, 6.07) is 0.0882. The van der Waals surface area contributed by atoms with Gasteiger partial charge in [0, 0.05) is 25.2 Å². The van der Waals surface area contributed by atoms with E-state index in [2.05, 4.69) is 22.5 Å². The Morgan fingerprint density at radius 2 is 2.18 bits per heavy atom. The van der Waals surface area contributed by atoms with E-state index in [1.165, 1.54) is 0 Å². The molecule has 1 aliphatic rings. The predicted octanol–water partition coefficient (Wildman–Crippen LogP) is -0.356. The van der Waals surface area contributed by atoms with Gasteiger partial charge in [-0.1, -0.05) is 0 Å².